The Hall–Kier alpha value is -2.97. The zero-order chi connectivity index (χ0) is 20.4. The summed E-state index contributed by atoms with van der Waals surface area (Å²) >= 11 is 0. The minimum absolute atomic E-state index is 0.186. The van der Waals surface area contributed by atoms with Gasteiger partial charge in [-0.1, -0.05) is 36.4 Å². The van der Waals surface area contributed by atoms with E-state index in [1.54, 1.807) is 0 Å². The Balaban J connectivity index is 1.69. The topological polar surface area (TPSA) is 64.3 Å². The van der Waals surface area contributed by atoms with Crippen molar-refractivity contribution in [1.82, 2.24) is 4.90 Å². The van der Waals surface area contributed by atoms with Crippen molar-refractivity contribution in [3.8, 4) is 6.07 Å². The molecule has 5 heteroatoms. The second-order valence-electron chi connectivity index (χ2n) is 7.63. The fraction of sp³-hybridized carbons (Fsp3) is 0.333. The number of aliphatic hydroxyl groups excluding tert-OH is 1. The third-order valence-corrected chi connectivity index (χ3v) is 5.99. The molecule has 1 amide bonds. The van der Waals surface area contributed by atoms with Gasteiger partial charge >= 0.3 is 0 Å². The van der Waals surface area contributed by atoms with Crippen LogP contribution in [0.4, 0.5) is 4.39 Å². The van der Waals surface area contributed by atoms with Gasteiger partial charge in [-0.05, 0) is 60.6 Å². The summed E-state index contributed by atoms with van der Waals surface area (Å²) in [5.74, 6) is -1.21. The molecule has 4 rings (SSSR count). The fourth-order valence-corrected chi connectivity index (χ4v) is 4.59. The van der Waals surface area contributed by atoms with Crippen LogP contribution in [0.2, 0.25) is 0 Å². The van der Waals surface area contributed by atoms with Gasteiger partial charge < -0.3 is 10.0 Å². The van der Waals surface area contributed by atoms with Gasteiger partial charge in [0.2, 0.25) is 0 Å². The minimum Gasteiger partial charge on any atom is -0.394 e. The highest BCUT2D eigenvalue weighted by molar-refractivity contribution is 5.96. The van der Waals surface area contributed by atoms with Crippen LogP contribution in [0.15, 0.2) is 54.6 Å². The van der Waals surface area contributed by atoms with Gasteiger partial charge in [0.05, 0.1) is 18.7 Å². The summed E-state index contributed by atoms with van der Waals surface area (Å²) < 4.78 is 13.6. The zero-order valence-corrected chi connectivity index (χ0v) is 16.1. The molecule has 29 heavy (non-hydrogen) atoms. The number of allylic oxidation sites excluding steroid dienone is 2. The van der Waals surface area contributed by atoms with Crippen molar-refractivity contribution in [2.75, 3.05) is 6.61 Å². The third-order valence-electron chi connectivity index (χ3n) is 5.99. The number of nitriles is 1. The Morgan fingerprint density at radius 2 is 2.03 bits per heavy atom. The summed E-state index contributed by atoms with van der Waals surface area (Å²) in [6, 6.07) is 14.4. The highest BCUT2D eigenvalue weighted by Gasteiger charge is 2.52. The first-order valence-corrected chi connectivity index (χ1v) is 10.0. The van der Waals surface area contributed by atoms with Crippen LogP contribution in [0.3, 0.4) is 0 Å². The molecule has 0 spiro atoms. The average Bonchev–Trinajstić information content (AvgIpc) is 2.74. The first-order chi connectivity index (χ1) is 14.2. The van der Waals surface area contributed by atoms with Crippen molar-refractivity contribution in [1.29, 1.82) is 5.26 Å². The van der Waals surface area contributed by atoms with E-state index in [9.17, 15) is 19.6 Å². The van der Waals surface area contributed by atoms with Crippen LogP contribution in [-0.2, 0) is 0 Å². The summed E-state index contributed by atoms with van der Waals surface area (Å²) in [6.07, 6.45) is 6.62. The largest absolute Gasteiger partial charge is 0.394 e. The molecule has 0 unspecified atom stereocenters. The standard InChI is InChI=1S/C24H23FN2O2/c25-18-10-6-9-17(13-18)24(29)27-21(14-26)23(22(27)15-28)20-12-5-4-11-19(20)16-7-2-1-3-8-16/h4-7,9-13,21-23,28H,1-3,8,15H2/t21-,22-,23+/m0/s1. The van der Waals surface area contributed by atoms with Crippen molar-refractivity contribution in [2.24, 2.45) is 0 Å². The van der Waals surface area contributed by atoms with E-state index in [1.165, 1.54) is 41.2 Å². The monoisotopic (exact) mass is 390 g/mol. The molecule has 1 aliphatic heterocycles. The van der Waals surface area contributed by atoms with Crippen molar-refractivity contribution < 1.29 is 14.3 Å². The van der Waals surface area contributed by atoms with Crippen LogP contribution in [0.25, 0.3) is 5.57 Å². The van der Waals surface area contributed by atoms with E-state index in [0.717, 1.165) is 30.4 Å². The van der Waals surface area contributed by atoms with Gasteiger partial charge in [0.15, 0.2) is 0 Å². The average molecular weight is 390 g/mol. The number of carbonyl (C=O) groups excluding carboxylic acids is 1. The van der Waals surface area contributed by atoms with Gasteiger partial charge in [-0.3, -0.25) is 4.79 Å². The van der Waals surface area contributed by atoms with E-state index in [4.69, 9.17) is 0 Å². The summed E-state index contributed by atoms with van der Waals surface area (Å²) in [4.78, 5) is 14.4. The van der Waals surface area contributed by atoms with E-state index < -0.39 is 23.8 Å². The maximum atomic E-state index is 13.6. The normalized spacial score (nSPS) is 23.7. The van der Waals surface area contributed by atoms with Crippen LogP contribution < -0.4 is 0 Å². The Morgan fingerprint density at radius 3 is 2.72 bits per heavy atom. The van der Waals surface area contributed by atoms with Crippen molar-refractivity contribution in [3.05, 3.63) is 77.1 Å². The molecule has 1 N–H and O–H groups in total. The minimum atomic E-state index is -0.701. The van der Waals surface area contributed by atoms with Gasteiger partial charge in [-0.2, -0.15) is 5.26 Å². The highest BCUT2D eigenvalue weighted by Crippen LogP contribution is 2.44. The lowest BCUT2D eigenvalue weighted by Gasteiger charge is -2.52. The molecule has 2 aromatic rings. The second-order valence-corrected chi connectivity index (χ2v) is 7.63. The van der Waals surface area contributed by atoms with Gasteiger partial charge in [0.1, 0.15) is 11.9 Å². The quantitative estimate of drug-likeness (QED) is 0.848. The molecular weight excluding hydrogens is 367 g/mol. The zero-order valence-electron chi connectivity index (χ0n) is 16.1. The Morgan fingerprint density at radius 1 is 1.21 bits per heavy atom. The van der Waals surface area contributed by atoms with E-state index in [0.29, 0.717) is 0 Å². The molecule has 2 aromatic carbocycles. The molecule has 2 aliphatic rings. The first kappa shape index (κ1) is 19.4. The number of hydrogen-bond acceptors (Lipinski definition) is 3. The van der Waals surface area contributed by atoms with Crippen molar-refractivity contribution in [3.63, 3.8) is 0 Å². The van der Waals surface area contributed by atoms with Crippen LogP contribution >= 0.6 is 0 Å². The molecule has 0 aromatic heterocycles. The van der Waals surface area contributed by atoms with Gasteiger partial charge in [0.25, 0.3) is 5.91 Å². The first-order valence-electron chi connectivity index (χ1n) is 10.0. The molecule has 0 bridgehead atoms. The number of likely N-dealkylation sites (tertiary alicyclic amines) is 1. The molecule has 3 atom stereocenters. The van der Waals surface area contributed by atoms with Crippen LogP contribution in [0, 0.1) is 17.1 Å². The molecule has 1 aliphatic carbocycles. The number of amides is 1. The van der Waals surface area contributed by atoms with E-state index in [2.05, 4.69) is 18.2 Å². The van der Waals surface area contributed by atoms with Crippen LogP contribution in [0.5, 0.6) is 0 Å². The smallest absolute Gasteiger partial charge is 0.255 e. The molecule has 1 saturated heterocycles. The van der Waals surface area contributed by atoms with Gasteiger partial charge in [0, 0.05) is 11.5 Å². The Labute approximate surface area is 169 Å². The summed E-state index contributed by atoms with van der Waals surface area (Å²) in [7, 11) is 0. The molecule has 148 valence electrons. The number of rotatable bonds is 4. The highest BCUT2D eigenvalue weighted by atomic mass is 19.1. The molecular formula is C24H23FN2O2. The van der Waals surface area contributed by atoms with E-state index >= 15 is 0 Å². The lowest BCUT2D eigenvalue weighted by molar-refractivity contribution is -0.00595. The van der Waals surface area contributed by atoms with Crippen molar-refractivity contribution >= 4 is 11.5 Å². The van der Waals surface area contributed by atoms with E-state index in [-0.39, 0.29) is 18.1 Å². The lowest BCUT2D eigenvalue weighted by atomic mass is 9.72. The predicted molar refractivity (Wildman–Crippen MR) is 108 cm³/mol. The number of aliphatic hydroxyl groups is 1. The maximum Gasteiger partial charge on any atom is 0.255 e. The molecule has 4 nitrogen and oxygen atoms in total. The number of nitrogens with zero attached hydrogens (tertiary/aromatic N) is 2. The summed E-state index contributed by atoms with van der Waals surface area (Å²) in [5, 5.41) is 19.9. The number of hydrogen-bond donors (Lipinski definition) is 1. The van der Waals surface area contributed by atoms with Gasteiger partial charge in [-0.25, -0.2) is 4.39 Å². The van der Waals surface area contributed by atoms with Gasteiger partial charge in [-0.15, -0.1) is 0 Å². The van der Waals surface area contributed by atoms with Crippen LogP contribution in [0.1, 0.15) is 53.1 Å². The predicted octanol–water partition coefficient (Wildman–Crippen LogP) is 4.28. The number of halogens is 1. The molecule has 0 saturated carbocycles. The molecule has 0 radical (unpaired) electrons. The van der Waals surface area contributed by atoms with Crippen LogP contribution in [-0.4, -0.2) is 34.6 Å². The van der Waals surface area contributed by atoms with E-state index in [1.807, 2.05) is 18.2 Å². The maximum absolute atomic E-state index is 13.6. The fourth-order valence-electron chi connectivity index (χ4n) is 4.59. The summed E-state index contributed by atoms with van der Waals surface area (Å²) in [5.41, 5.74) is 3.56. The molecule has 1 heterocycles. The summed E-state index contributed by atoms with van der Waals surface area (Å²) in [6.45, 7) is -0.253. The lowest BCUT2D eigenvalue weighted by Crippen LogP contribution is -2.65. The molecule has 1 fully saturated rings. The third kappa shape index (κ3) is 3.45. The Bertz CT molecular complexity index is 994. The Kier molecular flexibility index (Phi) is 5.46. The second kappa shape index (κ2) is 8.18. The number of carbonyl (C=O) groups is 1. The SMILES string of the molecule is N#C[C@H]1[C@@H](c2ccccc2C2=CCCCC2)[C@H](CO)N1C(=O)c1cccc(F)c1. The number of benzene rings is 2. The van der Waals surface area contributed by atoms with Crippen molar-refractivity contribution in [2.45, 2.75) is 43.7 Å².